The number of H-pyrrole nitrogens is 1. The van der Waals surface area contributed by atoms with Crippen molar-refractivity contribution in [2.45, 2.75) is 0 Å². The summed E-state index contributed by atoms with van der Waals surface area (Å²) in [5.74, 6) is 0.346. The molecule has 0 aliphatic heterocycles. The summed E-state index contributed by atoms with van der Waals surface area (Å²) in [6.45, 7) is 0. The molecular weight excluding hydrogens is 171 g/mol. The van der Waals surface area contributed by atoms with Gasteiger partial charge in [0.2, 0.25) is 0 Å². The van der Waals surface area contributed by atoms with Crippen LogP contribution in [0.5, 0.6) is 0 Å². The predicted octanol–water partition coefficient (Wildman–Crippen LogP) is 1.16. The molecule has 0 fully saturated rings. The van der Waals surface area contributed by atoms with E-state index in [1.165, 1.54) is 12.3 Å². The molecule has 0 radical (unpaired) electrons. The summed E-state index contributed by atoms with van der Waals surface area (Å²) in [7, 11) is 3.70. The van der Waals surface area contributed by atoms with Gasteiger partial charge in [0.25, 0.3) is 0 Å². The Bertz CT molecular complexity index is 435. The number of nitrogens with zero attached hydrogens (tertiary/aromatic N) is 3. The molecule has 2 aromatic heterocycles. The third kappa shape index (κ3) is 1.22. The molecule has 2 aromatic rings. The van der Waals surface area contributed by atoms with Crippen molar-refractivity contribution in [3.8, 4) is 0 Å². The van der Waals surface area contributed by atoms with Gasteiger partial charge in [0, 0.05) is 14.1 Å². The largest absolute Gasteiger partial charge is 0.361 e. The highest BCUT2D eigenvalue weighted by atomic mass is 19.1. The van der Waals surface area contributed by atoms with E-state index in [-0.39, 0.29) is 5.82 Å². The van der Waals surface area contributed by atoms with Gasteiger partial charge in [-0.2, -0.15) is 5.10 Å². The first-order chi connectivity index (χ1) is 6.18. The summed E-state index contributed by atoms with van der Waals surface area (Å²) in [6.07, 6.45) is 1.17. The monoisotopic (exact) mass is 180 g/mol. The van der Waals surface area contributed by atoms with Gasteiger partial charge in [-0.25, -0.2) is 9.37 Å². The number of aromatic nitrogens is 3. The number of fused-ring (bicyclic) bond motifs is 1. The summed E-state index contributed by atoms with van der Waals surface area (Å²) >= 11 is 0. The van der Waals surface area contributed by atoms with E-state index in [0.717, 1.165) is 0 Å². The number of hydrogen-bond acceptors (Lipinski definition) is 3. The van der Waals surface area contributed by atoms with Crippen molar-refractivity contribution >= 4 is 16.9 Å². The molecule has 0 aromatic carbocycles. The van der Waals surface area contributed by atoms with E-state index in [4.69, 9.17) is 0 Å². The second kappa shape index (κ2) is 2.69. The van der Waals surface area contributed by atoms with E-state index >= 15 is 0 Å². The number of anilines is 1. The molecule has 0 bridgehead atoms. The maximum atomic E-state index is 12.8. The first-order valence-electron chi connectivity index (χ1n) is 3.85. The molecule has 68 valence electrons. The molecule has 0 aliphatic carbocycles. The van der Waals surface area contributed by atoms with Crippen molar-refractivity contribution in [3.05, 3.63) is 18.1 Å². The number of hydrogen-bond donors (Lipinski definition) is 1. The highest BCUT2D eigenvalue weighted by Gasteiger charge is 2.08. The van der Waals surface area contributed by atoms with Gasteiger partial charge in [-0.3, -0.25) is 5.10 Å². The van der Waals surface area contributed by atoms with Crippen LogP contribution in [-0.4, -0.2) is 29.3 Å². The Balaban J connectivity index is 2.71. The van der Waals surface area contributed by atoms with Crippen molar-refractivity contribution < 1.29 is 4.39 Å². The fraction of sp³-hybridized carbons (Fsp3) is 0.250. The Labute approximate surface area is 74.4 Å². The fourth-order valence-electron chi connectivity index (χ4n) is 1.21. The number of pyridine rings is 1. The first-order valence-corrected chi connectivity index (χ1v) is 3.85. The van der Waals surface area contributed by atoms with E-state index in [1.807, 2.05) is 14.1 Å². The van der Waals surface area contributed by atoms with Crippen molar-refractivity contribution in [1.82, 2.24) is 15.2 Å². The van der Waals surface area contributed by atoms with E-state index in [1.54, 1.807) is 4.90 Å². The van der Waals surface area contributed by atoms with Crippen LogP contribution in [0.1, 0.15) is 0 Å². The minimum atomic E-state index is -0.350. The van der Waals surface area contributed by atoms with Gasteiger partial charge in [0.15, 0.2) is 11.5 Å². The van der Waals surface area contributed by atoms with E-state index in [2.05, 4.69) is 15.2 Å². The summed E-state index contributed by atoms with van der Waals surface area (Å²) in [5.41, 5.74) is 0.602. The predicted molar refractivity (Wildman–Crippen MR) is 48.2 cm³/mol. The zero-order chi connectivity index (χ0) is 9.42. The quantitative estimate of drug-likeness (QED) is 0.716. The molecule has 0 spiro atoms. The van der Waals surface area contributed by atoms with Crippen LogP contribution in [0, 0.1) is 5.82 Å². The van der Waals surface area contributed by atoms with E-state index in [9.17, 15) is 4.39 Å². The molecular formula is C8H9FN4. The highest BCUT2D eigenvalue weighted by molar-refractivity contribution is 5.87. The lowest BCUT2D eigenvalue weighted by atomic mass is 10.3. The molecule has 4 nitrogen and oxygen atoms in total. The molecule has 0 unspecified atom stereocenters. The van der Waals surface area contributed by atoms with Gasteiger partial charge in [-0.15, -0.1) is 0 Å². The minimum Gasteiger partial charge on any atom is -0.361 e. The van der Waals surface area contributed by atoms with Crippen LogP contribution in [0.3, 0.4) is 0 Å². The van der Waals surface area contributed by atoms with Crippen LogP contribution in [0.4, 0.5) is 10.2 Å². The molecule has 13 heavy (non-hydrogen) atoms. The average molecular weight is 180 g/mol. The number of halogens is 1. The summed E-state index contributed by atoms with van der Waals surface area (Å²) in [4.78, 5) is 5.67. The Kier molecular flexibility index (Phi) is 1.65. The number of nitrogens with one attached hydrogen (secondary N) is 1. The first kappa shape index (κ1) is 7.97. The van der Waals surface area contributed by atoms with Crippen LogP contribution in [0.25, 0.3) is 11.0 Å². The van der Waals surface area contributed by atoms with Gasteiger partial charge in [0.05, 0.1) is 11.6 Å². The van der Waals surface area contributed by atoms with Crippen LogP contribution >= 0.6 is 0 Å². The van der Waals surface area contributed by atoms with Crippen LogP contribution in [0.2, 0.25) is 0 Å². The Morgan fingerprint density at radius 3 is 2.92 bits per heavy atom. The maximum Gasteiger partial charge on any atom is 0.159 e. The number of aromatic amines is 1. The average Bonchev–Trinajstić information content (AvgIpc) is 2.46. The van der Waals surface area contributed by atoms with Gasteiger partial charge in [-0.1, -0.05) is 0 Å². The molecule has 5 heteroatoms. The zero-order valence-corrected chi connectivity index (χ0v) is 7.37. The smallest absolute Gasteiger partial charge is 0.159 e. The van der Waals surface area contributed by atoms with Crippen molar-refractivity contribution in [3.63, 3.8) is 0 Å². The van der Waals surface area contributed by atoms with Gasteiger partial charge in [0.1, 0.15) is 5.82 Å². The molecule has 2 rings (SSSR count). The molecule has 0 saturated carbocycles. The topological polar surface area (TPSA) is 44.8 Å². The summed E-state index contributed by atoms with van der Waals surface area (Å²) in [5, 5.41) is 7.43. The van der Waals surface area contributed by atoms with Gasteiger partial charge >= 0.3 is 0 Å². The lowest BCUT2D eigenvalue weighted by Crippen LogP contribution is -2.09. The van der Waals surface area contributed by atoms with Gasteiger partial charge in [-0.05, 0) is 6.07 Å². The lowest BCUT2D eigenvalue weighted by molar-refractivity contribution is 0.624. The molecule has 0 atom stereocenters. The fourth-order valence-corrected chi connectivity index (χ4v) is 1.21. The van der Waals surface area contributed by atoms with Crippen LogP contribution in [-0.2, 0) is 0 Å². The van der Waals surface area contributed by atoms with Crippen molar-refractivity contribution in [2.24, 2.45) is 0 Å². The Morgan fingerprint density at radius 2 is 2.23 bits per heavy atom. The molecule has 2 heterocycles. The second-order valence-corrected chi connectivity index (χ2v) is 2.99. The zero-order valence-electron chi connectivity index (χ0n) is 7.37. The molecule has 0 aliphatic rings. The van der Waals surface area contributed by atoms with Crippen LogP contribution < -0.4 is 4.90 Å². The summed E-state index contributed by atoms with van der Waals surface area (Å²) in [6, 6.07) is 1.42. The highest BCUT2D eigenvalue weighted by Crippen LogP contribution is 2.20. The Hall–Kier alpha value is -1.65. The molecule has 1 N–H and O–H groups in total. The SMILES string of the molecule is CN(C)c1n[nH]c2ncc(F)cc12. The maximum absolute atomic E-state index is 12.8. The second-order valence-electron chi connectivity index (χ2n) is 2.99. The Morgan fingerprint density at radius 1 is 1.46 bits per heavy atom. The summed E-state index contributed by atoms with van der Waals surface area (Å²) < 4.78 is 12.8. The third-order valence-electron chi connectivity index (χ3n) is 1.79. The standard InChI is InChI=1S/C8H9FN4/c1-13(2)8-6-3-5(9)4-10-7(6)11-12-8/h3-4H,1-2H3,(H,10,11,12). The van der Waals surface area contributed by atoms with E-state index < -0.39 is 0 Å². The molecule has 0 saturated heterocycles. The van der Waals surface area contributed by atoms with Crippen molar-refractivity contribution in [2.75, 3.05) is 19.0 Å². The van der Waals surface area contributed by atoms with E-state index in [0.29, 0.717) is 16.9 Å². The van der Waals surface area contributed by atoms with Crippen LogP contribution in [0.15, 0.2) is 12.3 Å². The molecule has 0 amide bonds. The minimum absolute atomic E-state index is 0.350. The normalized spacial score (nSPS) is 10.7. The lowest BCUT2D eigenvalue weighted by Gasteiger charge is -2.07. The van der Waals surface area contributed by atoms with Gasteiger partial charge < -0.3 is 4.90 Å². The van der Waals surface area contributed by atoms with Crippen molar-refractivity contribution in [1.29, 1.82) is 0 Å². The number of rotatable bonds is 1. The third-order valence-corrected chi connectivity index (χ3v) is 1.79.